The Kier molecular flexibility index (Phi) is 6.64. The molecule has 35 heavy (non-hydrogen) atoms. The van der Waals surface area contributed by atoms with Crippen LogP contribution >= 0.6 is 0 Å². The number of hydrogen-bond donors (Lipinski definition) is 3. The Labute approximate surface area is 205 Å². The highest BCUT2D eigenvalue weighted by Gasteiger charge is 2.12. The Balaban J connectivity index is 1.41. The lowest BCUT2D eigenvalue weighted by atomic mass is 10.1. The van der Waals surface area contributed by atoms with Gasteiger partial charge in [0.25, 0.3) is 5.56 Å². The SMILES string of the molecule is Cc1ccccc1Nc1ccc2c(=O)[nH]c(O)c(C=Nc3ccc(CN4CCCCC4)cc3)c2c1. The second-order valence-electron chi connectivity index (χ2n) is 9.18. The second kappa shape index (κ2) is 10.2. The zero-order chi connectivity index (χ0) is 24.2. The molecule has 0 atom stereocenters. The highest BCUT2D eigenvalue weighted by Crippen LogP contribution is 2.27. The van der Waals surface area contributed by atoms with Crippen LogP contribution in [0.15, 0.2) is 76.5 Å². The summed E-state index contributed by atoms with van der Waals surface area (Å²) in [6.07, 6.45) is 5.51. The first-order valence-corrected chi connectivity index (χ1v) is 12.1. The molecule has 0 bridgehead atoms. The quantitative estimate of drug-likeness (QED) is 0.304. The number of nitrogens with one attached hydrogen (secondary N) is 2. The number of benzene rings is 3. The molecule has 0 radical (unpaired) electrons. The van der Waals surface area contributed by atoms with Crippen LogP contribution < -0.4 is 10.9 Å². The molecule has 1 fully saturated rings. The first-order chi connectivity index (χ1) is 17.1. The summed E-state index contributed by atoms with van der Waals surface area (Å²) >= 11 is 0. The molecule has 178 valence electrons. The highest BCUT2D eigenvalue weighted by atomic mass is 16.3. The van der Waals surface area contributed by atoms with Crippen LogP contribution in [0.3, 0.4) is 0 Å². The molecule has 3 aromatic carbocycles. The molecule has 6 nitrogen and oxygen atoms in total. The maximum absolute atomic E-state index is 12.5. The van der Waals surface area contributed by atoms with E-state index in [0.29, 0.717) is 16.3 Å². The minimum absolute atomic E-state index is 0.194. The third-order valence-corrected chi connectivity index (χ3v) is 6.60. The Morgan fingerprint density at radius 2 is 1.77 bits per heavy atom. The standard InChI is InChI=1S/C29H30N4O2/c1-20-7-3-4-8-27(20)31-23-13-14-24-25(17-23)26(29(35)32-28(24)34)18-30-22-11-9-21(10-12-22)19-33-15-5-2-6-16-33/h3-4,7-14,17-18,31H,2,5-6,15-16,19H2,1H3,(H2,32,34,35). The average molecular weight is 467 g/mol. The molecule has 3 N–H and O–H groups in total. The monoisotopic (exact) mass is 466 g/mol. The van der Waals surface area contributed by atoms with E-state index in [9.17, 15) is 9.90 Å². The summed E-state index contributed by atoms with van der Waals surface area (Å²) in [5, 5.41) is 15.1. The van der Waals surface area contributed by atoms with E-state index in [2.05, 4.69) is 32.3 Å². The predicted octanol–water partition coefficient (Wildman–Crippen LogP) is 6.02. The summed E-state index contributed by atoms with van der Waals surface area (Å²) in [4.78, 5) is 22.1. The lowest BCUT2D eigenvalue weighted by Crippen LogP contribution is -2.28. The minimum Gasteiger partial charge on any atom is -0.494 e. The van der Waals surface area contributed by atoms with Crippen molar-refractivity contribution in [3.63, 3.8) is 0 Å². The van der Waals surface area contributed by atoms with Gasteiger partial charge in [-0.15, -0.1) is 0 Å². The number of aromatic hydroxyl groups is 1. The normalized spacial score (nSPS) is 14.5. The maximum Gasteiger partial charge on any atom is 0.258 e. The van der Waals surface area contributed by atoms with E-state index >= 15 is 0 Å². The van der Waals surface area contributed by atoms with Crippen molar-refractivity contribution in [3.8, 4) is 5.88 Å². The van der Waals surface area contributed by atoms with Gasteiger partial charge < -0.3 is 10.4 Å². The number of aryl methyl sites for hydroxylation is 1. The summed E-state index contributed by atoms with van der Waals surface area (Å²) in [7, 11) is 0. The largest absolute Gasteiger partial charge is 0.494 e. The molecular weight excluding hydrogens is 436 g/mol. The Morgan fingerprint density at radius 3 is 2.54 bits per heavy atom. The number of rotatable bonds is 6. The molecule has 1 aliphatic heterocycles. The number of para-hydroxylation sites is 1. The lowest BCUT2D eigenvalue weighted by Gasteiger charge is -2.26. The third kappa shape index (κ3) is 5.28. The summed E-state index contributed by atoms with van der Waals surface area (Å²) in [5.74, 6) is -0.194. The lowest BCUT2D eigenvalue weighted by molar-refractivity contribution is 0.221. The van der Waals surface area contributed by atoms with Crippen molar-refractivity contribution < 1.29 is 5.11 Å². The van der Waals surface area contributed by atoms with E-state index in [1.54, 1.807) is 12.3 Å². The van der Waals surface area contributed by atoms with E-state index in [-0.39, 0.29) is 11.4 Å². The van der Waals surface area contributed by atoms with Crippen LogP contribution in [0.2, 0.25) is 0 Å². The van der Waals surface area contributed by atoms with Crippen LogP contribution in [0.1, 0.15) is 36.0 Å². The van der Waals surface area contributed by atoms with Gasteiger partial charge in [-0.25, -0.2) is 0 Å². The molecule has 0 aliphatic carbocycles. The zero-order valence-corrected chi connectivity index (χ0v) is 19.9. The van der Waals surface area contributed by atoms with Crippen LogP contribution in [-0.4, -0.2) is 34.3 Å². The van der Waals surface area contributed by atoms with E-state index in [4.69, 9.17) is 0 Å². The third-order valence-electron chi connectivity index (χ3n) is 6.60. The van der Waals surface area contributed by atoms with E-state index in [1.165, 1.54) is 37.9 Å². The molecule has 0 saturated carbocycles. The molecule has 0 amide bonds. The maximum atomic E-state index is 12.5. The molecule has 2 heterocycles. The first-order valence-electron chi connectivity index (χ1n) is 12.1. The van der Waals surface area contributed by atoms with Gasteiger partial charge in [0.1, 0.15) is 0 Å². The van der Waals surface area contributed by atoms with Gasteiger partial charge in [0.05, 0.1) is 11.3 Å². The number of H-pyrrole nitrogens is 1. The van der Waals surface area contributed by atoms with Crippen molar-refractivity contribution in [1.82, 2.24) is 9.88 Å². The number of aromatic nitrogens is 1. The van der Waals surface area contributed by atoms with Crippen molar-refractivity contribution >= 4 is 34.0 Å². The molecule has 1 saturated heterocycles. The van der Waals surface area contributed by atoms with Crippen LogP contribution in [0.4, 0.5) is 17.1 Å². The van der Waals surface area contributed by atoms with Gasteiger partial charge in [-0.2, -0.15) is 0 Å². The van der Waals surface area contributed by atoms with Gasteiger partial charge in [0.15, 0.2) is 0 Å². The van der Waals surface area contributed by atoms with Crippen molar-refractivity contribution in [2.45, 2.75) is 32.7 Å². The minimum atomic E-state index is -0.334. The van der Waals surface area contributed by atoms with Crippen molar-refractivity contribution in [2.24, 2.45) is 4.99 Å². The summed E-state index contributed by atoms with van der Waals surface area (Å²) in [6, 6.07) is 21.7. The number of aromatic amines is 1. The second-order valence-corrected chi connectivity index (χ2v) is 9.18. The van der Waals surface area contributed by atoms with Crippen LogP contribution in [-0.2, 0) is 6.54 Å². The van der Waals surface area contributed by atoms with Crippen molar-refractivity contribution in [1.29, 1.82) is 0 Å². The highest BCUT2D eigenvalue weighted by molar-refractivity contribution is 6.03. The molecule has 0 spiro atoms. The smallest absolute Gasteiger partial charge is 0.258 e. The summed E-state index contributed by atoms with van der Waals surface area (Å²) in [6.45, 7) is 5.33. The van der Waals surface area contributed by atoms with Crippen molar-refractivity contribution in [2.75, 3.05) is 18.4 Å². The Bertz CT molecular complexity index is 1420. The molecule has 4 aromatic rings. The van der Waals surface area contributed by atoms with Crippen LogP contribution in [0.25, 0.3) is 10.8 Å². The van der Waals surface area contributed by atoms with E-state index < -0.39 is 0 Å². The fourth-order valence-corrected chi connectivity index (χ4v) is 4.61. The van der Waals surface area contributed by atoms with Gasteiger partial charge >= 0.3 is 0 Å². The number of piperidine rings is 1. The number of hydrogen-bond acceptors (Lipinski definition) is 5. The number of pyridine rings is 1. The molecule has 0 unspecified atom stereocenters. The summed E-state index contributed by atoms with van der Waals surface area (Å²) in [5.41, 5.74) is 5.14. The van der Waals surface area contributed by atoms with E-state index in [1.807, 2.05) is 55.5 Å². The Hall–Kier alpha value is -3.90. The number of anilines is 2. The van der Waals surface area contributed by atoms with Gasteiger partial charge in [-0.1, -0.05) is 36.8 Å². The van der Waals surface area contributed by atoms with Crippen molar-refractivity contribution in [3.05, 3.63) is 93.8 Å². The predicted molar refractivity (Wildman–Crippen MR) is 144 cm³/mol. The average Bonchev–Trinajstić information content (AvgIpc) is 2.87. The number of likely N-dealkylation sites (tertiary alicyclic amines) is 1. The molecule has 1 aromatic heterocycles. The van der Waals surface area contributed by atoms with Gasteiger partial charge in [-0.3, -0.25) is 19.7 Å². The number of fused-ring (bicyclic) bond motifs is 1. The Morgan fingerprint density at radius 1 is 1.00 bits per heavy atom. The van der Waals surface area contributed by atoms with E-state index in [0.717, 1.165) is 29.2 Å². The first kappa shape index (κ1) is 22.9. The van der Waals surface area contributed by atoms with Gasteiger partial charge in [0, 0.05) is 34.9 Å². The molecule has 1 aliphatic rings. The summed E-state index contributed by atoms with van der Waals surface area (Å²) < 4.78 is 0. The van der Waals surface area contributed by atoms with Crippen LogP contribution in [0.5, 0.6) is 5.88 Å². The fourth-order valence-electron chi connectivity index (χ4n) is 4.61. The van der Waals surface area contributed by atoms with Gasteiger partial charge in [-0.05, 0) is 80.4 Å². The fraction of sp³-hybridized carbons (Fsp3) is 0.241. The van der Waals surface area contributed by atoms with Crippen LogP contribution in [0, 0.1) is 6.92 Å². The molecule has 6 heteroatoms. The number of aliphatic imine (C=N–C) groups is 1. The topological polar surface area (TPSA) is 80.7 Å². The molecule has 5 rings (SSSR count). The zero-order valence-electron chi connectivity index (χ0n) is 19.9. The van der Waals surface area contributed by atoms with Gasteiger partial charge in [0.2, 0.25) is 5.88 Å². The number of nitrogens with zero attached hydrogens (tertiary/aromatic N) is 2. The molecular formula is C29H30N4O2.